The number of hydrogen-bond acceptors (Lipinski definition) is 2. The number of carboxylic acid groups (broad SMARTS) is 1. The minimum Gasteiger partial charge on any atom is -0.481 e. The molecule has 0 aliphatic rings. The highest BCUT2D eigenvalue weighted by Gasteiger charge is 2.34. The van der Waals surface area contributed by atoms with E-state index in [0.717, 1.165) is 0 Å². The van der Waals surface area contributed by atoms with Crippen LogP contribution in [-0.4, -0.2) is 16.1 Å². The zero-order chi connectivity index (χ0) is 14.1. The Bertz CT molecular complexity index is 520. The summed E-state index contributed by atoms with van der Waals surface area (Å²) in [6, 6.07) is -0.0210. The van der Waals surface area contributed by atoms with Gasteiger partial charge in [-0.15, -0.1) is 0 Å². The summed E-state index contributed by atoms with van der Waals surface area (Å²) >= 11 is 0. The molecule has 1 heterocycles. The molecule has 1 rings (SSSR count). The average Bonchev–Trinajstić information content (AvgIpc) is 2.13. The SMILES string of the molecule is O=C(O)Cc1[nH]c(C(F)(F)F)cc(=O)c1C(F)F. The van der Waals surface area contributed by atoms with Crippen LogP contribution in [-0.2, 0) is 17.4 Å². The first-order valence-corrected chi connectivity index (χ1v) is 4.46. The normalized spacial score (nSPS) is 11.9. The lowest BCUT2D eigenvalue weighted by molar-refractivity contribution is -0.142. The first kappa shape index (κ1) is 14.1. The molecule has 0 unspecified atom stereocenters. The van der Waals surface area contributed by atoms with Gasteiger partial charge in [0.15, 0.2) is 5.43 Å². The molecule has 0 saturated carbocycles. The number of pyridine rings is 1. The van der Waals surface area contributed by atoms with Gasteiger partial charge in [0, 0.05) is 11.8 Å². The Kier molecular flexibility index (Phi) is 3.73. The second kappa shape index (κ2) is 4.75. The van der Waals surface area contributed by atoms with E-state index in [0.29, 0.717) is 0 Å². The van der Waals surface area contributed by atoms with Crippen molar-refractivity contribution in [3.8, 4) is 0 Å². The summed E-state index contributed by atoms with van der Waals surface area (Å²) in [5.74, 6) is -1.63. The van der Waals surface area contributed by atoms with Crippen LogP contribution >= 0.6 is 0 Å². The number of carboxylic acids is 1. The molecule has 0 amide bonds. The van der Waals surface area contributed by atoms with Crippen molar-refractivity contribution in [2.45, 2.75) is 19.0 Å². The third-order valence-corrected chi connectivity index (χ3v) is 2.00. The summed E-state index contributed by atoms with van der Waals surface area (Å²) in [7, 11) is 0. The summed E-state index contributed by atoms with van der Waals surface area (Å²) in [6.07, 6.45) is -9.43. The predicted octanol–water partition coefficient (Wildman–Crippen LogP) is 1.96. The molecule has 0 radical (unpaired) electrons. The van der Waals surface area contributed by atoms with Gasteiger partial charge in [0.1, 0.15) is 5.69 Å². The molecule has 1 aromatic rings. The van der Waals surface area contributed by atoms with Crippen LogP contribution in [0.2, 0.25) is 0 Å². The van der Waals surface area contributed by atoms with Crippen molar-refractivity contribution in [3.05, 3.63) is 33.2 Å². The highest BCUT2D eigenvalue weighted by Crippen LogP contribution is 2.28. The number of carbonyl (C=O) groups is 1. The summed E-state index contributed by atoms with van der Waals surface area (Å²) in [6.45, 7) is 0. The second-order valence-corrected chi connectivity index (χ2v) is 3.31. The molecular formula is C9H6F5NO3. The van der Waals surface area contributed by atoms with Crippen molar-refractivity contribution in [2.24, 2.45) is 0 Å². The molecule has 0 bridgehead atoms. The minimum absolute atomic E-state index is 0.0210. The third-order valence-electron chi connectivity index (χ3n) is 2.00. The molecule has 0 aromatic carbocycles. The van der Waals surface area contributed by atoms with Gasteiger partial charge in [-0.25, -0.2) is 8.78 Å². The number of alkyl halides is 5. The Morgan fingerprint density at radius 2 is 1.94 bits per heavy atom. The van der Waals surface area contributed by atoms with Crippen LogP contribution in [0.5, 0.6) is 0 Å². The third kappa shape index (κ3) is 3.05. The Labute approximate surface area is 96.1 Å². The molecule has 0 saturated heterocycles. The van der Waals surface area contributed by atoms with Crippen LogP contribution < -0.4 is 5.43 Å². The molecule has 0 aliphatic heterocycles. The number of hydrogen-bond donors (Lipinski definition) is 2. The van der Waals surface area contributed by atoms with Crippen LogP contribution in [0.25, 0.3) is 0 Å². The topological polar surface area (TPSA) is 70.2 Å². The predicted molar refractivity (Wildman–Crippen MR) is 48.4 cm³/mol. The molecule has 9 heteroatoms. The zero-order valence-corrected chi connectivity index (χ0v) is 8.52. The van der Waals surface area contributed by atoms with Crippen molar-refractivity contribution in [1.29, 1.82) is 0 Å². The lowest BCUT2D eigenvalue weighted by Crippen LogP contribution is -2.22. The van der Waals surface area contributed by atoms with Crippen LogP contribution in [0.1, 0.15) is 23.4 Å². The zero-order valence-electron chi connectivity index (χ0n) is 8.52. The van der Waals surface area contributed by atoms with E-state index in [1.54, 1.807) is 0 Å². The van der Waals surface area contributed by atoms with E-state index in [1.807, 2.05) is 0 Å². The van der Waals surface area contributed by atoms with Crippen molar-refractivity contribution in [2.75, 3.05) is 0 Å². The van der Waals surface area contributed by atoms with E-state index >= 15 is 0 Å². The maximum atomic E-state index is 12.5. The van der Waals surface area contributed by atoms with E-state index < -0.39 is 47.4 Å². The van der Waals surface area contributed by atoms with Crippen molar-refractivity contribution in [3.63, 3.8) is 0 Å². The number of rotatable bonds is 3. The Hall–Kier alpha value is -1.93. The first-order chi connectivity index (χ1) is 8.12. The van der Waals surface area contributed by atoms with Gasteiger partial charge < -0.3 is 10.1 Å². The van der Waals surface area contributed by atoms with Crippen LogP contribution in [0.15, 0.2) is 10.9 Å². The molecule has 0 spiro atoms. The van der Waals surface area contributed by atoms with Crippen LogP contribution in [0.3, 0.4) is 0 Å². The number of aromatic nitrogens is 1. The fraction of sp³-hybridized carbons (Fsp3) is 0.333. The molecule has 18 heavy (non-hydrogen) atoms. The lowest BCUT2D eigenvalue weighted by atomic mass is 10.1. The molecule has 1 aromatic heterocycles. The smallest absolute Gasteiger partial charge is 0.431 e. The first-order valence-electron chi connectivity index (χ1n) is 4.46. The molecule has 0 atom stereocenters. The Morgan fingerprint density at radius 1 is 1.39 bits per heavy atom. The van der Waals surface area contributed by atoms with E-state index in [2.05, 4.69) is 0 Å². The van der Waals surface area contributed by atoms with E-state index in [1.165, 1.54) is 4.98 Å². The molecule has 2 N–H and O–H groups in total. The fourth-order valence-corrected chi connectivity index (χ4v) is 1.31. The van der Waals surface area contributed by atoms with Crippen molar-refractivity contribution >= 4 is 5.97 Å². The molecule has 100 valence electrons. The minimum atomic E-state index is -4.95. The van der Waals surface area contributed by atoms with Crippen molar-refractivity contribution < 1.29 is 31.9 Å². The number of nitrogens with one attached hydrogen (secondary N) is 1. The van der Waals surface area contributed by atoms with Crippen molar-refractivity contribution in [1.82, 2.24) is 4.98 Å². The second-order valence-electron chi connectivity index (χ2n) is 3.31. The van der Waals surface area contributed by atoms with E-state index in [4.69, 9.17) is 5.11 Å². The van der Waals surface area contributed by atoms with Crippen LogP contribution in [0, 0.1) is 0 Å². The Balaban J connectivity index is 3.47. The lowest BCUT2D eigenvalue weighted by Gasteiger charge is -2.11. The maximum absolute atomic E-state index is 12.5. The largest absolute Gasteiger partial charge is 0.481 e. The van der Waals surface area contributed by atoms with Gasteiger partial charge in [-0.2, -0.15) is 13.2 Å². The van der Waals surface area contributed by atoms with E-state index in [-0.39, 0.29) is 6.07 Å². The van der Waals surface area contributed by atoms with Gasteiger partial charge >= 0.3 is 12.1 Å². The van der Waals surface area contributed by atoms with Gasteiger partial charge in [-0.1, -0.05) is 0 Å². The Morgan fingerprint density at radius 3 is 2.33 bits per heavy atom. The average molecular weight is 271 g/mol. The summed E-state index contributed by atoms with van der Waals surface area (Å²) in [5.41, 5.74) is -5.32. The fourth-order valence-electron chi connectivity index (χ4n) is 1.31. The standard InChI is InChI=1S/C9H6F5NO3/c10-8(11)7-3(1-6(17)18)15-5(2-4(7)16)9(12,13)14/h2,8H,1H2,(H,15,16)(H,17,18). The van der Waals surface area contributed by atoms with Gasteiger partial charge in [0.05, 0.1) is 12.0 Å². The van der Waals surface area contributed by atoms with Gasteiger partial charge in [0.2, 0.25) is 0 Å². The number of halogens is 5. The molecule has 4 nitrogen and oxygen atoms in total. The van der Waals surface area contributed by atoms with Gasteiger partial charge in [0.25, 0.3) is 6.43 Å². The highest BCUT2D eigenvalue weighted by atomic mass is 19.4. The quantitative estimate of drug-likeness (QED) is 0.825. The summed E-state index contributed by atoms with van der Waals surface area (Å²) in [4.78, 5) is 23.0. The highest BCUT2D eigenvalue weighted by molar-refractivity contribution is 5.70. The summed E-state index contributed by atoms with van der Waals surface area (Å²) in [5, 5.41) is 8.41. The molecular weight excluding hydrogens is 265 g/mol. The van der Waals surface area contributed by atoms with Crippen LogP contribution in [0.4, 0.5) is 22.0 Å². The number of H-pyrrole nitrogens is 1. The molecule has 0 aliphatic carbocycles. The van der Waals surface area contributed by atoms with Gasteiger partial charge in [-0.05, 0) is 0 Å². The monoisotopic (exact) mass is 271 g/mol. The maximum Gasteiger partial charge on any atom is 0.431 e. The van der Waals surface area contributed by atoms with Gasteiger partial charge in [-0.3, -0.25) is 9.59 Å². The number of aliphatic carboxylic acids is 1. The number of aromatic amines is 1. The summed E-state index contributed by atoms with van der Waals surface area (Å²) < 4.78 is 61.9. The van der Waals surface area contributed by atoms with E-state index in [9.17, 15) is 31.5 Å². The molecule has 0 fully saturated rings.